The first-order valence-corrected chi connectivity index (χ1v) is 9.13. The zero-order valence-electron chi connectivity index (χ0n) is 16.1. The second kappa shape index (κ2) is 9.94. The Kier molecular flexibility index (Phi) is 6.84. The average molecular weight is 390 g/mol. The Morgan fingerprint density at radius 2 is 1.79 bits per heavy atom. The van der Waals surface area contributed by atoms with Gasteiger partial charge in [-0.1, -0.05) is 36.4 Å². The third-order valence-electron chi connectivity index (χ3n) is 4.17. The molecule has 6 nitrogen and oxygen atoms in total. The van der Waals surface area contributed by atoms with Crippen LogP contribution in [0, 0.1) is 0 Å². The fourth-order valence-electron chi connectivity index (χ4n) is 2.77. The number of carbonyl (C=O) groups excluding carboxylic acids is 2. The largest absolute Gasteiger partial charge is 0.496 e. The van der Waals surface area contributed by atoms with Gasteiger partial charge >= 0.3 is 0 Å². The van der Waals surface area contributed by atoms with Crippen LogP contribution in [-0.2, 0) is 16.1 Å². The summed E-state index contributed by atoms with van der Waals surface area (Å²) >= 11 is 0. The summed E-state index contributed by atoms with van der Waals surface area (Å²) in [6.07, 6.45) is 4.63. The molecular formula is C23H22N2O4. The van der Waals surface area contributed by atoms with Crippen molar-refractivity contribution in [2.45, 2.75) is 6.54 Å². The van der Waals surface area contributed by atoms with Gasteiger partial charge in [-0.25, -0.2) is 0 Å². The molecule has 2 aromatic carbocycles. The molecule has 2 amide bonds. The van der Waals surface area contributed by atoms with E-state index in [-0.39, 0.29) is 24.9 Å². The molecule has 0 aliphatic rings. The molecule has 1 heterocycles. The van der Waals surface area contributed by atoms with Crippen LogP contribution >= 0.6 is 0 Å². The Morgan fingerprint density at radius 1 is 1.03 bits per heavy atom. The van der Waals surface area contributed by atoms with Crippen molar-refractivity contribution in [1.82, 2.24) is 4.90 Å². The standard InChI is InChI=1S/C23H22N2O4/c1-28-21-12-6-5-8-18(21)13-14-23(27)25(16-20-11-7-15-29-20)17-22(26)24-19-9-3-2-4-10-19/h2-15H,16-17H2,1H3,(H,24,26)/b14-13+. The number of para-hydroxylation sites is 2. The van der Waals surface area contributed by atoms with Crippen LogP contribution in [0.3, 0.4) is 0 Å². The quantitative estimate of drug-likeness (QED) is 0.591. The van der Waals surface area contributed by atoms with E-state index < -0.39 is 0 Å². The molecular weight excluding hydrogens is 368 g/mol. The predicted molar refractivity (Wildman–Crippen MR) is 111 cm³/mol. The molecule has 0 aliphatic heterocycles. The first-order chi connectivity index (χ1) is 14.2. The molecule has 1 aromatic heterocycles. The van der Waals surface area contributed by atoms with Crippen molar-refractivity contribution in [3.05, 3.63) is 90.4 Å². The van der Waals surface area contributed by atoms with Gasteiger partial charge in [0.1, 0.15) is 18.1 Å². The number of amides is 2. The van der Waals surface area contributed by atoms with Gasteiger partial charge in [0.2, 0.25) is 11.8 Å². The van der Waals surface area contributed by atoms with Crippen molar-refractivity contribution in [1.29, 1.82) is 0 Å². The van der Waals surface area contributed by atoms with E-state index in [4.69, 9.17) is 9.15 Å². The van der Waals surface area contributed by atoms with Crippen molar-refractivity contribution < 1.29 is 18.7 Å². The summed E-state index contributed by atoms with van der Waals surface area (Å²) in [6, 6.07) is 20.0. The van der Waals surface area contributed by atoms with Crippen LogP contribution < -0.4 is 10.1 Å². The van der Waals surface area contributed by atoms with Gasteiger partial charge in [-0.05, 0) is 36.4 Å². The number of carbonyl (C=O) groups is 2. The van der Waals surface area contributed by atoms with E-state index in [9.17, 15) is 9.59 Å². The maximum atomic E-state index is 12.8. The summed E-state index contributed by atoms with van der Waals surface area (Å²) in [5, 5.41) is 2.79. The van der Waals surface area contributed by atoms with Gasteiger partial charge in [0.25, 0.3) is 0 Å². The molecule has 0 bridgehead atoms. The highest BCUT2D eigenvalue weighted by atomic mass is 16.5. The van der Waals surface area contributed by atoms with Crippen molar-refractivity contribution in [3.63, 3.8) is 0 Å². The SMILES string of the molecule is COc1ccccc1/C=C/C(=O)N(CC(=O)Nc1ccccc1)Cc1ccco1. The predicted octanol–water partition coefficient (Wildman–Crippen LogP) is 3.97. The summed E-state index contributed by atoms with van der Waals surface area (Å²) < 4.78 is 10.6. The number of benzene rings is 2. The normalized spacial score (nSPS) is 10.7. The smallest absolute Gasteiger partial charge is 0.247 e. The van der Waals surface area contributed by atoms with E-state index in [0.29, 0.717) is 17.2 Å². The number of furan rings is 1. The highest BCUT2D eigenvalue weighted by Crippen LogP contribution is 2.19. The molecule has 3 aromatic rings. The minimum absolute atomic E-state index is 0.106. The Hall–Kier alpha value is -3.80. The van der Waals surface area contributed by atoms with E-state index in [1.165, 1.54) is 17.2 Å². The Balaban J connectivity index is 1.72. The van der Waals surface area contributed by atoms with Crippen LogP contribution in [0.25, 0.3) is 6.08 Å². The molecule has 0 saturated heterocycles. The molecule has 0 aliphatic carbocycles. The number of nitrogens with one attached hydrogen (secondary N) is 1. The van der Waals surface area contributed by atoms with Crippen LogP contribution in [0.2, 0.25) is 0 Å². The number of hydrogen-bond donors (Lipinski definition) is 1. The fraction of sp³-hybridized carbons (Fsp3) is 0.130. The van der Waals surface area contributed by atoms with Crippen molar-refractivity contribution in [2.75, 3.05) is 19.0 Å². The van der Waals surface area contributed by atoms with Gasteiger partial charge in [-0.15, -0.1) is 0 Å². The summed E-state index contributed by atoms with van der Waals surface area (Å²) in [7, 11) is 1.58. The lowest BCUT2D eigenvalue weighted by Gasteiger charge is -2.19. The molecule has 0 radical (unpaired) electrons. The Bertz CT molecular complexity index is 966. The minimum atomic E-state index is -0.310. The molecule has 0 atom stereocenters. The second-order valence-corrected chi connectivity index (χ2v) is 6.26. The number of methoxy groups -OCH3 is 1. The maximum Gasteiger partial charge on any atom is 0.247 e. The lowest BCUT2D eigenvalue weighted by molar-refractivity contribution is -0.131. The van der Waals surface area contributed by atoms with Gasteiger partial charge in [-0.3, -0.25) is 9.59 Å². The Labute approximate surface area is 169 Å². The molecule has 29 heavy (non-hydrogen) atoms. The average Bonchev–Trinajstić information content (AvgIpc) is 3.25. The number of ether oxygens (including phenoxy) is 1. The molecule has 6 heteroatoms. The summed E-state index contributed by atoms with van der Waals surface area (Å²) in [4.78, 5) is 26.7. The summed E-state index contributed by atoms with van der Waals surface area (Å²) in [5.74, 6) is 0.657. The topological polar surface area (TPSA) is 71.8 Å². The zero-order valence-corrected chi connectivity index (χ0v) is 16.1. The molecule has 3 rings (SSSR count). The fourth-order valence-corrected chi connectivity index (χ4v) is 2.77. The molecule has 0 spiro atoms. The van der Waals surface area contributed by atoms with Crippen molar-refractivity contribution in [2.24, 2.45) is 0 Å². The molecule has 0 saturated carbocycles. The number of nitrogens with zero attached hydrogens (tertiary/aromatic N) is 1. The van der Waals surface area contributed by atoms with E-state index in [2.05, 4.69) is 5.32 Å². The van der Waals surface area contributed by atoms with Gasteiger partial charge in [0.15, 0.2) is 0 Å². The third kappa shape index (κ3) is 5.84. The van der Waals surface area contributed by atoms with Crippen LogP contribution in [0.15, 0.2) is 83.5 Å². The number of anilines is 1. The monoisotopic (exact) mass is 390 g/mol. The van der Waals surface area contributed by atoms with Crippen LogP contribution in [0.1, 0.15) is 11.3 Å². The molecule has 1 N–H and O–H groups in total. The maximum absolute atomic E-state index is 12.8. The number of hydrogen-bond acceptors (Lipinski definition) is 4. The van der Waals surface area contributed by atoms with E-state index in [1.54, 1.807) is 37.5 Å². The first-order valence-electron chi connectivity index (χ1n) is 9.13. The lowest BCUT2D eigenvalue weighted by atomic mass is 10.2. The van der Waals surface area contributed by atoms with E-state index in [1.807, 2.05) is 42.5 Å². The summed E-state index contributed by atoms with van der Waals surface area (Å²) in [5.41, 5.74) is 1.45. The molecule has 148 valence electrons. The second-order valence-electron chi connectivity index (χ2n) is 6.26. The first kappa shape index (κ1) is 19.9. The zero-order chi connectivity index (χ0) is 20.5. The van der Waals surface area contributed by atoms with Gasteiger partial charge in [0.05, 0.1) is 19.9 Å². The van der Waals surface area contributed by atoms with Crippen molar-refractivity contribution in [3.8, 4) is 5.75 Å². The lowest BCUT2D eigenvalue weighted by Crippen LogP contribution is -2.36. The van der Waals surface area contributed by atoms with Crippen LogP contribution in [0.5, 0.6) is 5.75 Å². The molecule has 0 fully saturated rings. The van der Waals surface area contributed by atoms with E-state index >= 15 is 0 Å². The Morgan fingerprint density at radius 3 is 2.52 bits per heavy atom. The highest BCUT2D eigenvalue weighted by Gasteiger charge is 2.17. The molecule has 0 unspecified atom stereocenters. The number of rotatable bonds is 8. The van der Waals surface area contributed by atoms with Gasteiger partial charge in [-0.2, -0.15) is 0 Å². The van der Waals surface area contributed by atoms with E-state index in [0.717, 1.165) is 5.56 Å². The minimum Gasteiger partial charge on any atom is -0.496 e. The van der Waals surface area contributed by atoms with Gasteiger partial charge in [0, 0.05) is 17.3 Å². The van der Waals surface area contributed by atoms with Crippen molar-refractivity contribution >= 4 is 23.6 Å². The third-order valence-corrected chi connectivity index (χ3v) is 4.17. The van der Waals surface area contributed by atoms with Crippen LogP contribution in [0.4, 0.5) is 5.69 Å². The van der Waals surface area contributed by atoms with Crippen LogP contribution in [-0.4, -0.2) is 30.4 Å². The van der Waals surface area contributed by atoms with Gasteiger partial charge < -0.3 is 19.4 Å². The highest BCUT2D eigenvalue weighted by molar-refractivity contribution is 5.98. The summed E-state index contributed by atoms with van der Waals surface area (Å²) in [6.45, 7) is 0.0784.